The lowest BCUT2D eigenvalue weighted by Gasteiger charge is -2.45. The molecule has 1 aromatic carbocycles. The SMILES string of the molecule is Cc1cccc(-c2ncc(CN3CCC(N4CC(O)C4)CC3)cn2)c1. The van der Waals surface area contributed by atoms with Crippen LogP contribution in [0.25, 0.3) is 11.4 Å². The molecule has 2 aliphatic heterocycles. The van der Waals surface area contributed by atoms with Gasteiger partial charge in [-0.05, 0) is 38.9 Å². The smallest absolute Gasteiger partial charge is 0.159 e. The lowest BCUT2D eigenvalue weighted by atomic mass is 9.98. The molecule has 5 nitrogen and oxygen atoms in total. The Kier molecular flexibility index (Phi) is 4.79. The zero-order valence-corrected chi connectivity index (χ0v) is 14.8. The van der Waals surface area contributed by atoms with Gasteiger partial charge in [-0.15, -0.1) is 0 Å². The summed E-state index contributed by atoms with van der Waals surface area (Å²) in [5.74, 6) is 0.794. The van der Waals surface area contributed by atoms with Crippen LogP contribution in [0.15, 0.2) is 36.7 Å². The third kappa shape index (κ3) is 3.89. The van der Waals surface area contributed by atoms with Gasteiger partial charge in [-0.3, -0.25) is 9.80 Å². The molecular formula is C20H26N4O. The topological polar surface area (TPSA) is 52.5 Å². The van der Waals surface area contributed by atoms with Gasteiger partial charge in [-0.1, -0.05) is 23.8 Å². The van der Waals surface area contributed by atoms with Gasteiger partial charge in [-0.25, -0.2) is 9.97 Å². The fourth-order valence-corrected chi connectivity index (χ4v) is 3.86. The fraction of sp³-hybridized carbons (Fsp3) is 0.500. The molecule has 0 unspecified atom stereocenters. The van der Waals surface area contributed by atoms with Gasteiger partial charge < -0.3 is 5.11 Å². The quantitative estimate of drug-likeness (QED) is 0.925. The van der Waals surface area contributed by atoms with Crippen LogP contribution in [0.4, 0.5) is 0 Å². The summed E-state index contributed by atoms with van der Waals surface area (Å²) < 4.78 is 0. The Bertz CT molecular complexity index is 704. The Hall–Kier alpha value is -1.82. The molecule has 0 radical (unpaired) electrons. The van der Waals surface area contributed by atoms with Crippen LogP contribution in [0, 0.1) is 6.92 Å². The number of hydrogen-bond acceptors (Lipinski definition) is 5. The predicted octanol–water partition coefficient (Wildman–Crippen LogP) is 2.09. The van der Waals surface area contributed by atoms with Crippen LogP contribution in [-0.4, -0.2) is 63.2 Å². The Morgan fingerprint density at radius 3 is 2.48 bits per heavy atom. The number of hydrogen-bond donors (Lipinski definition) is 1. The van der Waals surface area contributed by atoms with Crippen LogP contribution in [-0.2, 0) is 6.54 Å². The van der Waals surface area contributed by atoms with Crippen LogP contribution in [0.5, 0.6) is 0 Å². The minimum absolute atomic E-state index is 0.0953. The van der Waals surface area contributed by atoms with E-state index in [9.17, 15) is 5.11 Å². The molecule has 5 heteroatoms. The van der Waals surface area contributed by atoms with Gasteiger partial charge >= 0.3 is 0 Å². The Morgan fingerprint density at radius 1 is 1.12 bits per heavy atom. The molecule has 0 saturated carbocycles. The molecule has 2 aliphatic rings. The minimum Gasteiger partial charge on any atom is -0.390 e. The summed E-state index contributed by atoms with van der Waals surface area (Å²) in [5.41, 5.74) is 3.47. The number of nitrogens with zero attached hydrogens (tertiary/aromatic N) is 4. The first kappa shape index (κ1) is 16.6. The molecule has 0 amide bonds. The maximum atomic E-state index is 9.45. The second-order valence-electron chi connectivity index (χ2n) is 7.40. The van der Waals surface area contributed by atoms with Gasteiger partial charge in [0, 0.05) is 49.2 Å². The number of likely N-dealkylation sites (tertiary alicyclic amines) is 2. The highest BCUT2D eigenvalue weighted by molar-refractivity contribution is 5.55. The number of piperidine rings is 1. The van der Waals surface area contributed by atoms with E-state index in [1.54, 1.807) is 0 Å². The second-order valence-corrected chi connectivity index (χ2v) is 7.40. The summed E-state index contributed by atoms with van der Waals surface area (Å²) in [6, 6.07) is 8.96. The monoisotopic (exact) mass is 338 g/mol. The molecule has 0 bridgehead atoms. The van der Waals surface area contributed by atoms with Gasteiger partial charge in [0.2, 0.25) is 0 Å². The van der Waals surface area contributed by atoms with E-state index in [0.717, 1.165) is 44.1 Å². The average Bonchev–Trinajstić information content (AvgIpc) is 2.61. The molecule has 1 N–H and O–H groups in total. The first-order valence-corrected chi connectivity index (χ1v) is 9.20. The number of aliphatic hydroxyl groups excluding tert-OH is 1. The molecule has 2 fully saturated rings. The van der Waals surface area contributed by atoms with E-state index < -0.39 is 0 Å². The second kappa shape index (κ2) is 7.20. The average molecular weight is 338 g/mol. The van der Waals surface area contributed by atoms with Gasteiger partial charge in [0.05, 0.1) is 6.10 Å². The number of aryl methyl sites for hydroxylation is 1. The van der Waals surface area contributed by atoms with E-state index >= 15 is 0 Å². The molecule has 0 spiro atoms. The summed E-state index contributed by atoms with van der Waals surface area (Å²) in [6.45, 7) is 6.94. The van der Waals surface area contributed by atoms with Crippen LogP contribution >= 0.6 is 0 Å². The van der Waals surface area contributed by atoms with Crippen molar-refractivity contribution >= 4 is 0 Å². The van der Waals surface area contributed by atoms with Crippen molar-refractivity contribution in [2.75, 3.05) is 26.2 Å². The van der Waals surface area contributed by atoms with Crippen molar-refractivity contribution < 1.29 is 5.11 Å². The van der Waals surface area contributed by atoms with E-state index in [1.807, 2.05) is 18.5 Å². The third-order valence-corrected chi connectivity index (χ3v) is 5.35. The molecule has 25 heavy (non-hydrogen) atoms. The summed E-state index contributed by atoms with van der Waals surface area (Å²) in [6.07, 6.45) is 6.21. The highest BCUT2D eigenvalue weighted by Crippen LogP contribution is 2.23. The normalized spacial score (nSPS) is 20.6. The van der Waals surface area contributed by atoms with Crippen molar-refractivity contribution in [1.29, 1.82) is 0 Å². The van der Waals surface area contributed by atoms with E-state index in [4.69, 9.17) is 0 Å². The number of aliphatic hydroxyl groups is 1. The lowest BCUT2D eigenvalue weighted by molar-refractivity contribution is -0.0402. The minimum atomic E-state index is -0.0953. The van der Waals surface area contributed by atoms with E-state index in [0.29, 0.717) is 6.04 Å². The first-order valence-electron chi connectivity index (χ1n) is 9.20. The van der Waals surface area contributed by atoms with Crippen LogP contribution in [0.2, 0.25) is 0 Å². The molecule has 4 rings (SSSR count). The fourth-order valence-electron chi connectivity index (χ4n) is 3.86. The molecule has 0 atom stereocenters. The number of aromatic nitrogens is 2. The molecule has 132 valence electrons. The maximum absolute atomic E-state index is 9.45. The Balaban J connectivity index is 1.31. The largest absolute Gasteiger partial charge is 0.390 e. The lowest BCUT2D eigenvalue weighted by Crippen LogP contribution is -2.57. The van der Waals surface area contributed by atoms with Crippen LogP contribution in [0.3, 0.4) is 0 Å². The van der Waals surface area contributed by atoms with Crippen LogP contribution < -0.4 is 0 Å². The van der Waals surface area contributed by atoms with Crippen molar-refractivity contribution in [2.24, 2.45) is 0 Å². The number of benzene rings is 1. The van der Waals surface area contributed by atoms with Crippen molar-refractivity contribution in [3.8, 4) is 11.4 Å². The molecular weight excluding hydrogens is 312 g/mol. The summed E-state index contributed by atoms with van der Waals surface area (Å²) in [4.78, 5) is 14.0. The van der Waals surface area contributed by atoms with Crippen molar-refractivity contribution in [2.45, 2.75) is 38.5 Å². The van der Waals surface area contributed by atoms with Crippen LogP contribution in [0.1, 0.15) is 24.0 Å². The first-order chi connectivity index (χ1) is 12.2. The molecule has 1 aromatic heterocycles. The number of rotatable bonds is 4. The van der Waals surface area contributed by atoms with Gasteiger partial charge in [0.15, 0.2) is 5.82 Å². The predicted molar refractivity (Wildman–Crippen MR) is 98.1 cm³/mol. The third-order valence-electron chi connectivity index (χ3n) is 5.35. The Labute approximate surface area is 149 Å². The molecule has 0 aliphatic carbocycles. The van der Waals surface area contributed by atoms with Gasteiger partial charge in [0.25, 0.3) is 0 Å². The highest BCUT2D eigenvalue weighted by Gasteiger charge is 2.32. The van der Waals surface area contributed by atoms with E-state index in [1.165, 1.54) is 24.0 Å². The highest BCUT2D eigenvalue weighted by atomic mass is 16.3. The van der Waals surface area contributed by atoms with E-state index in [-0.39, 0.29) is 6.10 Å². The number of β-amino-alcohol motifs (C(OH)–C–C–N with tert-alkyl or cyclic N) is 1. The maximum Gasteiger partial charge on any atom is 0.159 e. The van der Waals surface area contributed by atoms with E-state index in [2.05, 4.69) is 44.9 Å². The van der Waals surface area contributed by atoms with Gasteiger partial charge in [-0.2, -0.15) is 0 Å². The zero-order valence-electron chi connectivity index (χ0n) is 14.8. The molecule has 2 saturated heterocycles. The Morgan fingerprint density at radius 2 is 1.84 bits per heavy atom. The summed E-state index contributed by atoms with van der Waals surface area (Å²) in [5, 5.41) is 9.45. The van der Waals surface area contributed by atoms with Gasteiger partial charge in [0.1, 0.15) is 0 Å². The molecule has 3 heterocycles. The summed E-state index contributed by atoms with van der Waals surface area (Å²) >= 11 is 0. The summed E-state index contributed by atoms with van der Waals surface area (Å²) in [7, 11) is 0. The van der Waals surface area contributed by atoms with Crippen molar-refractivity contribution in [3.05, 3.63) is 47.8 Å². The standard InChI is InChI=1S/C20H26N4O/c1-15-3-2-4-17(9-15)20-21-10-16(11-22-20)12-23-7-5-18(6-8-23)24-13-19(25)14-24/h2-4,9-11,18-19,25H,5-8,12-14H2,1H3. The molecule has 2 aromatic rings. The van der Waals surface area contributed by atoms with Crippen molar-refractivity contribution in [3.63, 3.8) is 0 Å². The zero-order chi connectivity index (χ0) is 17.2. The van der Waals surface area contributed by atoms with Crippen molar-refractivity contribution in [1.82, 2.24) is 19.8 Å².